The molecule has 0 aliphatic rings. The molecule has 1 unspecified atom stereocenters. The number of carboxylic acid groups (broad SMARTS) is 1. The molecule has 0 radical (unpaired) electrons. The Morgan fingerprint density at radius 1 is 1.15 bits per heavy atom. The van der Waals surface area contributed by atoms with E-state index in [2.05, 4.69) is 4.98 Å². The van der Waals surface area contributed by atoms with E-state index in [4.69, 9.17) is 23.2 Å². The van der Waals surface area contributed by atoms with Crippen LogP contribution in [0.1, 0.15) is 40.7 Å². The van der Waals surface area contributed by atoms with E-state index in [1.807, 2.05) is 25.1 Å². The summed E-state index contributed by atoms with van der Waals surface area (Å²) in [5.74, 6) is -2.35. The van der Waals surface area contributed by atoms with Crippen molar-refractivity contribution in [2.45, 2.75) is 25.7 Å². The number of carbonyl (C=O) groups excluding carboxylic acids is 1. The summed E-state index contributed by atoms with van der Waals surface area (Å²) in [4.78, 5) is 27.6. The summed E-state index contributed by atoms with van der Waals surface area (Å²) in [5.41, 5.74) is 2.83. The van der Waals surface area contributed by atoms with E-state index >= 15 is 0 Å². The minimum atomic E-state index is -1.05. The maximum atomic E-state index is 12.6. The van der Waals surface area contributed by atoms with Gasteiger partial charge in [-0.3, -0.25) is 9.59 Å². The molecule has 0 bridgehead atoms. The second-order valence-electron chi connectivity index (χ2n) is 6.12. The molecule has 1 heterocycles. The molecular formula is C20H17Cl2NO3. The maximum Gasteiger partial charge on any atom is 0.311 e. The summed E-state index contributed by atoms with van der Waals surface area (Å²) >= 11 is 11.9. The van der Waals surface area contributed by atoms with Gasteiger partial charge in [0.1, 0.15) is 0 Å². The number of aromatic nitrogens is 1. The van der Waals surface area contributed by atoms with E-state index in [0.717, 1.165) is 22.9 Å². The van der Waals surface area contributed by atoms with Crippen molar-refractivity contribution in [1.82, 2.24) is 4.98 Å². The molecule has 0 spiro atoms. The van der Waals surface area contributed by atoms with Gasteiger partial charge in [0.15, 0.2) is 5.78 Å². The van der Waals surface area contributed by atoms with Crippen LogP contribution >= 0.6 is 23.2 Å². The zero-order valence-corrected chi connectivity index (χ0v) is 15.6. The number of hydrogen-bond acceptors (Lipinski definition) is 2. The van der Waals surface area contributed by atoms with Gasteiger partial charge in [-0.1, -0.05) is 36.2 Å². The number of aliphatic carboxylic acids is 1. The van der Waals surface area contributed by atoms with Gasteiger partial charge < -0.3 is 10.1 Å². The molecule has 0 fully saturated rings. The Balaban J connectivity index is 1.97. The molecule has 6 heteroatoms. The first-order chi connectivity index (χ1) is 12.4. The molecule has 0 aliphatic carbocycles. The van der Waals surface area contributed by atoms with Crippen LogP contribution in [0.15, 0.2) is 42.6 Å². The van der Waals surface area contributed by atoms with E-state index in [1.165, 1.54) is 12.1 Å². The highest BCUT2D eigenvalue weighted by atomic mass is 35.5. The zero-order valence-electron chi connectivity index (χ0n) is 14.1. The van der Waals surface area contributed by atoms with Gasteiger partial charge in [0.05, 0.1) is 10.9 Å². The molecule has 1 aromatic heterocycles. The smallest absolute Gasteiger partial charge is 0.311 e. The third kappa shape index (κ3) is 3.62. The molecule has 0 amide bonds. The van der Waals surface area contributed by atoms with Crippen LogP contribution in [0.5, 0.6) is 0 Å². The van der Waals surface area contributed by atoms with Gasteiger partial charge in [0.25, 0.3) is 0 Å². The summed E-state index contributed by atoms with van der Waals surface area (Å²) in [6.45, 7) is 2.04. The first-order valence-electron chi connectivity index (χ1n) is 8.21. The number of fused-ring (bicyclic) bond motifs is 1. The summed E-state index contributed by atoms with van der Waals surface area (Å²) < 4.78 is 0. The van der Waals surface area contributed by atoms with Gasteiger partial charge in [-0.15, -0.1) is 0 Å². The predicted octanol–water partition coefficient (Wildman–Crippen LogP) is 5.48. The Kier molecular flexibility index (Phi) is 5.35. The Morgan fingerprint density at radius 2 is 1.92 bits per heavy atom. The fourth-order valence-electron chi connectivity index (χ4n) is 3.04. The first-order valence-corrected chi connectivity index (χ1v) is 8.97. The normalized spacial score (nSPS) is 12.3. The Labute approximate surface area is 160 Å². The lowest BCUT2D eigenvalue weighted by molar-refractivity contribution is -0.138. The lowest BCUT2D eigenvalue weighted by atomic mass is 9.91. The summed E-state index contributed by atoms with van der Waals surface area (Å²) in [6.07, 6.45) is 2.33. The van der Waals surface area contributed by atoms with Gasteiger partial charge in [-0.05, 0) is 47.9 Å². The topological polar surface area (TPSA) is 70.2 Å². The minimum absolute atomic E-state index is 0.181. The zero-order chi connectivity index (χ0) is 18.8. The fourth-order valence-corrected chi connectivity index (χ4v) is 3.55. The molecule has 0 aliphatic heterocycles. The van der Waals surface area contributed by atoms with Crippen LogP contribution in [0.25, 0.3) is 10.9 Å². The number of nitrogens with one attached hydrogen (secondary N) is 1. The first kappa shape index (κ1) is 18.5. The second-order valence-corrected chi connectivity index (χ2v) is 6.96. The molecule has 4 nitrogen and oxygen atoms in total. The highest BCUT2D eigenvalue weighted by molar-refractivity contribution is 6.36. The van der Waals surface area contributed by atoms with Crippen molar-refractivity contribution in [2.24, 2.45) is 0 Å². The SMILES string of the molecule is CCc1ccc2[nH]cc(C(CC(=O)c3ccc(Cl)cc3Cl)C(=O)O)c2c1. The number of H-pyrrole nitrogens is 1. The summed E-state index contributed by atoms with van der Waals surface area (Å²) in [7, 11) is 0. The number of aryl methyl sites for hydroxylation is 1. The van der Waals surface area contributed by atoms with Crippen LogP contribution in [-0.2, 0) is 11.2 Å². The van der Waals surface area contributed by atoms with Gasteiger partial charge in [-0.2, -0.15) is 0 Å². The average Bonchev–Trinajstić information content (AvgIpc) is 3.01. The molecule has 1 atom stereocenters. The molecule has 2 aromatic carbocycles. The van der Waals surface area contributed by atoms with Crippen LogP contribution in [0.2, 0.25) is 10.0 Å². The van der Waals surface area contributed by atoms with E-state index in [1.54, 1.807) is 12.3 Å². The maximum absolute atomic E-state index is 12.6. The van der Waals surface area contributed by atoms with Crippen LogP contribution in [-0.4, -0.2) is 21.8 Å². The Hall–Kier alpha value is -2.30. The largest absolute Gasteiger partial charge is 0.481 e. The number of rotatable bonds is 6. The van der Waals surface area contributed by atoms with Crippen molar-refractivity contribution >= 4 is 45.9 Å². The number of halogens is 2. The molecule has 0 saturated carbocycles. The van der Waals surface area contributed by atoms with Crippen molar-refractivity contribution < 1.29 is 14.7 Å². The van der Waals surface area contributed by atoms with E-state index in [0.29, 0.717) is 10.6 Å². The third-order valence-electron chi connectivity index (χ3n) is 4.48. The molecule has 2 N–H and O–H groups in total. The standard InChI is InChI=1S/C20H17Cl2NO3/c1-2-11-3-6-18-14(7-11)16(10-23-18)15(20(25)26)9-19(24)13-5-4-12(21)8-17(13)22/h3-8,10,15,23H,2,9H2,1H3,(H,25,26). The van der Waals surface area contributed by atoms with E-state index < -0.39 is 11.9 Å². The quantitative estimate of drug-likeness (QED) is 0.548. The number of hydrogen-bond donors (Lipinski definition) is 2. The van der Waals surface area contributed by atoms with Gasteiger partial charge in [0.2, 0.25) is 0 Å². The van der Waals surface area contributed by atoms with Crippen molar-refractivity contribution in [2.75, 3.05) is 0 Å². The average molecular weight is 390 g/mol. The van der Waals surface area contributed by atoms with E-state index in [-0.39, 0.29) is 22.8 Å². The highest BCUT2D eigenvalue weighted by Crippen LogP contribution is 2.31. The lowest BCUT2D eigenvalue weighted by Crippen LogP contribution is -2.16. The summed E-state index contributed by atoms with van der Waals surface area (Å²) in [6, 6.07) is 10.5. The van der Waals surface area contributed by atoms with Crippen molar-refractivity contribution in [3.8, 4) is 0 Å². The van der Waals surface area contributed by atoms with Crippen LogP contribution in [0.4, 0.5) is 0 Å². The molecule has 3 rings (SSSR count). The van der Waals surface area contributed by atoms with Crippen LogP contribution in [0, 0.1) is 0 Å². The Bertz CT molecular complexity index is 994. The fraction of sp³-hybridized carbons (Fsp3) is 0.200. The summed E-state index contributed by atoms with van der Waals surface area (Å²) in [5, 5.41) is 11.2. The van der Waals surface area contributed by atoms with Gasteiger partial charge in [0, 0.05) is 34.1 Å². The molecule has 3 aromatic rings. The monoisotopic (exact) mass is 389 g/mol. The molecular weight excluding hydrogens is 373 g/mol. The number of benzene rings is 2. The number of carbonyl (C=O) groups is 2. The van der Waals surface area contributed by atoms with Gasteiger partial charge in [-0.25, -0.2) is 0 Å². The van der Waals surface area contributed by atoms with Crippen molar-refractivity contribution in [3.63, 3.8) is 0 Å². The van der Waals surface area contributed by atoms with Crippen LogP contribution < -0.4 is 0 Å². The lowest BCUT2D eigenvalue weighted by Gasteiger charge is -2.12. The van der Waals surface area contributed by atoms with E-state index in [9.17, 15) is 14.7 Å². The van der Waals surface area contributed by atoms with Crippen LogP contribution in [0.3, 0.4) is 0 Å². The number of ketones is 1. The highest BCUT2D eigenvalue weighted by Gasteiger charge is 2.27. The Morgan fingerprint density at radius 3 is 2.58 bits per heavy atom. The number of Topliss-reactive ketones (excluding diaryl/α,β-unsaturated/α-hetero) is 1. The van der Waals surface area contributed by atoms with Crippen molar-refractivity contribution in [1.29, 1.82) is 0 Å². The second kappa shape index (κ2) is 7.52. The predicted molar refractivity (Wildman–Crippen MR) is 103 cm³/mol. The molecule has 26 heavy (non-hydrogen) atoms. The molecule has 0 saturated heterocycles. The number of carboxylic acids is 1. The minimum Gasteiger partial charge on any atom is -0.481 e. The van der Waals surface area contributed by atoms with Crippen molar-refractivity contribution in [3.05, 3.63) is 69.3 Å². The molecule has 134 valence electrons. The number of aromatic amines is 1. The van der Waals surface area contributed by atoms with Gasteiger partial charge >= 0.3 is 5.97 Å². The third-order valence-corrected chi connectivity index (χ3v) is 5.03.